The molecule has 11 heteroatoms. The second-order valence-electron chi connectivity index (χ2n) is 3.10. The van der Waals surface area contributed by atoms with Gasteiger partial charge in [-0.25, -0.2) is 0 Å². The molecule has 1 aromatic heterocycles. The first-order valence-electron chi connectivity index (χ1n) is 4.08. The highest BCUT2D eigenvalue weighted by Gasteiger charge is 2.42. The molecule has 0 amide bonds. The van der Waals surface area contributed by atoms with Gasteiger partial charge in [0, 0.05) is 6.08 Å². The minimum atomic E-state index is -4.62. The van der Waals surface area contributed by atoms with Crippen LogP contribution in [0, 0.1) is 15.6 Å². The molecule has 0 aromatic carbocycles. The van der Waals surface area contributed by atoms with Crippen molar-refractivity contribution >= 4 is 15.8 Å². The van der Waals surface area contributed by atoms with Gasteiger partial charge in [-0.05, 0) is 11.0 Å². The Labute approximate surface area is 93.5 Å². The van der Waals surface area contributed by atoms with Gasteiger partial charge in [0.25, 0.3) is 15.8 Å². The smallest absolute Gasteiger partial charge is 0.318 e. The van der Waals surface area contributed by atoms with Crippen molar-refractivity contribution in [2.75, 3.05) is 0 Å². The fourth-order valence-electron chi connectivity index (χ4n) is 1.41. The van der Waals surface area contributed by atoms with Crippen LogP contribution in [0.3, 0.4) is 0 Å². The van der Waals surface area contributed by atoms with E-state index < -0.39 is 37.4 Å². The average Bonchev–Trinajstić information content (AvgIpc) is 2.58. The van der Waals surface area contributed by atoms with Crippen LogP contribution in [0.15, 0.2) is 16.8 Å². The van der Waals surface area contributed by atoms with Crippen LogP contribution in [-0.4, -0.2) is 28.7 Å². The molecule has 92 valence electrons. The van der Waals surface area contributed by atoms with Gasteiger partial charge in [-0.3, -0.25) is 9.18 Å². The molecule has 0 spiro atoms. The van der Waals surface area contributed by atoms with E-state index in [1.165, 1.54) is 0 Å². The van der Waals surface area contributed by atoms with Gasteiger partial charge in [-0.1, -0.05) is 0 Å². The molecule has 1 heterocycles. The molecule has 17 heavy (non-hydrogen) atoms. The lowest BCUT2D eigenvalue weighted by Crippen LogP contribution is -2.35. The first-order valence-corrected chi connectivity index (χ1v) is 5.58. The molecule has 2 rings (SSSR count). The summed E-state index contributed by atoms with van der Waals surface area (Å²) in [4.78, 5) is -1.14. The van der Waals surface area contributed by atoms with Crippen LogP contribution in [0.4, 0.5) is 0 Å². The van der Waals surface area contributed by atoms with Crippen LogP contribution in [0.25, 0.3) is 0 Å². The van der Waals surface area contributed by atoms with E-state index >= 15 is 0 Å². The first-order chi connectivity index (χ1) is 7.82. The van der Waals surface area contributed by atoms with Crippen molar-refractivity contribution in [2.24, 2.45) is 0 Å². The summed E-state index contributed by atoms with van der Waals surface area (Å²) < 4.78 is 34.9. The van der Waals surface area contributed by atoms with Crippen molar-refractivity contribution in [1.29, 1.82) is 0 Å². The highest BCUT2D eigenvalue weighted by Crippen LogP contribution is 2.27. The van der Waals surface area contributed by atoms with Crippen LogP contribution in [0.2, 0.25) is 0 Å². The minimum Gasteiger partial charge on any atom is -0.612 e. The highest BCUT2D eigenvalue weighted by atomic mass is 32.2. The van der Waals surface area contributed by atoms with Gasteiger partial charge in [0.1, 0.15) is 0 Å². The monoisotopic (exact) mass is 262 g/mol. The van der Waals surface area contributed by atoms with Gasteiger partial charge in [0.15, 0.2) is 5.25 Å². The van der Waals surface area contributed by atoms with Crippen molar-refractivity contribution < 1.29 is 27.4 Å². The summed E-state index contributed by atoms with van der Waals surface area (Å²) in [6.45, 7) is 0. The largest absolute Gasteiger partial charge is 0.612 e. The molecule has 1 aliphatic rings. The van der Waals surface area contributed by atoms with Gasteiger partial charge in [-0.15, -0.1) is 0 Å². The summed E-state index contributed by atoms with van der Waals surface area (Å²) in [6, 6.07) is 0. The molecule has 0 aliphatic heterocycles. The van der Waals surface area contributed by atoms with E-state index in [-0.39, 0.29) is 4.90 Å². The van der Waals surface area contributed by atoms with Crippen LogP contribution >= 0.6 is 0 Å². The molecular formula is C6H4N3O7S-. The lowest BCUT2D eigenvalue weighted by Gasteiger charge is -2.12. The standard InChI is InChI=1S/C6H4N3O7S/c10-8(11)3-1-2-4(17(13,14)15)6-5(3)7-16-9(6)12/h1-2,4H,(H-,10,11,13,14,15)/q-1. The van der Waals surface area contributed by atoms with Crippen LogP contribution in [0.5, 0.6) is 0 Å². The fourth-order valence-corrected chi connectivity index (χ4v) is 2.17. The Morgan fingerprint density at radius 2 is 2.18 bits per heavy atom. The molecule has 0 fully saturated rings. The van der Waals surface area contributed by atoms with E-state index in [1.807, 2.05) is 0 Å². The van der Waals surface area contributed by atoms with Gasteiger partial charge in [-0.2, -0.15) is 13.3 Å². The quantitative estimate of drug-likeness (QED) is 0.368. The number of nitrogens with zero attached hydrogens (tertiary/aromatic N) is 3. The molecular weight excluding hydrogens is 258 g/mol. The topological polar surface area (TPSA) is 156 Å². The third-order valence-electron chi connectivity index (χ3n) is 2.10. The molecule has 0 radical (unpaired) electrons. The van der Waals surface area contributed by atoms with Crippen molar-refractivity contribution in [3.05, 3.63) is 39.2 Å². The Morgan fingerprint density at radius 1 is 1.53 bits per heavy atom. The lowest BCUT2D eigenvalue weighted by molar-refractivity contribution is -0.807. The van der Waals surface area contributed by atoms with E-state index in [0.717, 1.165) is 12.2 Å². The van der Waals surface area contributed by atoms with Crippen molar-refractivity contribution in [3.8, 4) is 0 Å². The SMILES string of the molecule is O=S(=O)(O)C1C=CC(=[N+]([O-])[O-])c2no[n+]([O-])c21. The van der Waals surface area contributed by atoms with Crippen molar-refractivity contribution in [1.82, 2.24) is 5.16 Å². The third kappa shape index (κ3) is 1.70. The van der Waals surface area contributed by atoms with Gasteiger partial charge in [0.2, 0.25) is 5.69 Å². The maximum atomic E-state index is 11.1. The Hall–Kier alpha value is -2.14. The summed E-state index contributed by atoms with van der Waals surface area (Å²) >= 11 is 0. The number of hydrogen-bond acceptors (Lipinski definition) is 7. The van der Waals surface area contributed by atoms with Crippen LogP contribution in [-0.2, 0) is 10.1 Å². The van der Waals surface area contributed by atoms with E-state index in [1.54, 1.807) is 0 Å². The van der Waals surface area contributed by atoms with E-state index in [0.29, 0.717) is 0 Å². The molecule has 0 saturated heterocycles. The summed E-state index contributed by atoms with van der Waals surface area (Å²) in [5, 5.41) is 33.7. The Morgan fingerprint density at radius 3 is 2.71 bits per heavy atom. The lowest BCUT2D eigenvalue weighted by atomic mass is 10.1. The van der Waals surface area contributed by atoms with E-state index in [4.69, 9.17) is 4.55 Å². The zero-order chi connectivity index (χ0) is 12.8. The summed E-state index contributed by atoms with van der Waals surface area (Å²) in [5.41, 5.74) is -1.74. The molecule has 1 unspecified atom stereocenters. The second kappa shape index (κ2) is 3.43. The molecule has 1 aliphatic carbocycles. The number of hydrogen-bond donors (Lipinski definition) is 1. The Bertz CT molecular complexity index is 624. The predicted molar refractivity (Wildman–Crippen MR) is 50.0 cm³/mol. The maximum absolute atomic E-state index is 11.1. The highest BCUT2D eigenvalue weighted by molar-refractivity contribution is 7.86. The van der Waals surface area contributed by atoms with Crippen LogP contribution < -0.4 is 4.90 Å². The maximum Gasteiger partial charge on any atom is 0.318 e. The third-order valence-corrected chi connectivity index (χ3v) is 3.13. The predicted octanol–water partition coefficient (Wildman–Crippen LogP) is -1.40. The Kier molecular flexibility index (Phi) is 2.29. The first kappa shape index (κ1) is 11.3. The fraction of sp³-hybridized carbons (Fsp3) is 0.167. The number of aromatic nitrogens is 2. The minimum absolute atomic E-state index is 0.291. The molecule has 1 N–H and O–H groups in total. The van der Waals surface area contributed by atoms with E-state index in [2.05, 4.69) is 9.79 Å². The number of rotatable bonds is 1. The molecule has 0 bridgehead atoms. The zero-order valence-electron chi connectivity index (χ0n) is 7.88. The number of fused-ring (bicyclic) bond motifs is 1. The zero-order valence-corrected chi connectivity index (χ0v) is 8.70. The molecule has 10 nitrogen and oxygen atoms in total. The summed E-state index contributed by atoms with van der Waals surface area (Å²) in [6.07, 6.45) is 1.64. The molecule has 0 saturated carbocycles. The van der Waals surface area contributed by atoms with Crippen LogP contribution in [0.1, 0.15) is 16.6 Å². The normalized spacial score (nSPS) is 19.1. The van der Waals surface area contributed by atoms with Gasteiger partial charge < -0.3 is 15.6 Å². The molecule has 1 atom stereocenters. The van der Waals surface area contributed by atoms with Crippen molar-refractivity contribution in [2.45, 2.75) is 5.25 Å². The Balaban J connectivity index is 2.73. The average molecular weight is 262 g/mol. The van der Waals surface area contributed by atoms with Gasteiger partial charge >= 0.3 is 5.69 Å². The van der Waals surface area contributed by atoms with Crippen molar-refractivity contribution in [3.63, 3.8) is 0 Å². The summed E-state index contributed by atoms with van der Waals surface area (Å²) in [7, 11) is -4.62. The van der Waals surface area contributed by atoms with Gasteiger partial charge in [0.05, 0.1) is 5.16 Å². The second-order valence-corrected chi connectivity index (χ2v) is 4.64. The number of allylic oxidation sites excluding steroid dienone is 1. The summed E-state index contributed by atoms with van der Waals surface area (Å²) in [5.74, 6) is 0. The molecule has 1 aromatic rings. The van der Waals surface area contributed by atoms with E-state index in [9.17, 15) is 24.0 Å².